The predicted octanol–water partition coefficient (Wildman–Crippen LogP) is 3.11. The molecule has 1 aromatic rings. The van der Waals surface area contributed by atoms with Gasteiger partial charge in [0.2, 0.25) is 0 Å². The molecule has 0 heterocycles. The minimum Gasteiger partial charge on any atom is -0.396 e. The molecule has 2 N–H and O–H groups in total. The summed E-state index contributed by atoms with van der Waals surface area (Å²) in [5.41, 5.74) is 2.53. The zero-order valence-corrected chi connectivity index (χ0v) is 13.1. The molecule has 1 aromatic carbocycles. The summed E-state index contributed by atoms with van der Waals surface area (Å²) in [6.07, 6.45) is 1.99. The monoisotopic (exact) mass is 279 g/mol. The lowest BCUT2D eigenvalue weighted by Crippen LogP contribution is -2.36. The topological polar surface area (TPSA) is 41.5 Å². The third-order valence-electron chi connectivity index (χ3n) is 4.23. The van der Waals surface area contributed by atoms with E-state index in [1.54, 1.807) is 0 Å². The first kappa shape index (κ1) is 17.2. The molecule has 0 aliphatic rings. The van der Waals surface area contributed by atoms with Crippen molar-refractivity contribution in [1.29, 1.82) is 0 Å². The largest absolute Gasteiger partial charge is 0.396 e. The second-order valence-electron chi connectivity index (χ2n) is 5.37. The summed E-state index contributed by atoms with van der Waals surface area (Å²) in [5, 5.41) is 13.1. The Kier molecular flexibility index (Phi) is 7.82. The van der Waals surface area contributed by atoms with Crippen LogP contribution in [0, 0.1) is 5.41 Å². The first-order valence-electron chi connectivity index (χ1n) is 7.67. The van der Waals surface area contributed by atoms with Crippen LogP contribution >= 0.6 is 0 Å². The van der Waals surface area contributed by atoms with E-state index in [1.165, 1.54) is 11.1 Å². The van der Waals surface area contributed by atoms with Crippen molar-refractivity contribution in [2.75, 3.05) is 19.8 Å². The summed E-state index contributed by atoms with van der Waals surface area (Å²) in [6.45, 7) is 9.62. The van der Waals surface area contributed by atoms with Gasteiger partial charge in [0.15, 0.2) is 0 Å². The van der Waals surface area contributed by atoms with Crippen LogP contribution in [0.4, 0.5) is 0 Å². The molecular weight excluding hydrogens is 250 g/mol. The van der Waals surface area contributed by atoms with E-state index in [9.17, 15) is 5.11 Å². The zero-order chi connectivity index (χ0) is 14.8. The van der Waals surface area contributed by atoms with Crippen LogP contribution in [0.2, 0.25) is 0 Å². The summed E-state index contributed by atoms with van der Waals surface area (Å²) < 4.78 is 5.50. The number of rotatable bonds is 10. The van der Waals surface area contributed by atoms with E-state index < -0.39 is 0 Å². The van der Waals surface area contributed by atoms with Crippen molar-refractivity contribution in [3.63, 3.8) is 0 Å². The molecule has 0 amide bonds. The summed E-state index contributed by atoms with van der Waals surface area (Å²) >= 11 is 0. The summed E-state index contributed by atoms with van der Waals surface area (Å²) in [7, 11) is 0. The molecule has 0 atom stereocenters. The number of hydrogen-bond acceptors (Lipinski definition) is 3. The van der Waals surface area contributed by atoms with Crippen molar-refractivity contribution < 1.29 is 9.84 Å². The second-order valence-corrected chi connectivity index (χ2v) is 5.37. The lowest BCUT2D eigenvalue weighted by molar-refractivity contribution is 0.112. The number of ether oxygens (including phenoxy) is 1. The second kappa shape index (κ2) is 9.11. The summed E-state index contributed by atoms with van der Waals surface area (Å²) in [4.78, 5) is 0. The molecule has 0 aliphatic carbocycles. The Bertz CT molecular complexity index is 367. The van der Waals surface area contributed by atoms with Gasteiger partial charge in [-0.15, -0.1) is 0 Å². The van der Waals surface area contributed by atoms with Gasteiger partial charge in [-0.3, -0.25) is 0 Å². The van der Waals surface area contributed by atoms with Gasteiger partial charge in [0.05, 0.1) is 6.61 Å². The maximum Gasteiger partial charge on any atom is 0.0719 e. The Labute approximate surface area is 123 Å². The van der Waals surface area contributed by atoms with Gasteiger partial charge in [0.25, 0.3) is 0 Å². The number of benzene rings is 1. The van der Waals surface area contributed by atoms with Crippen molar-refractivity contribution in [3.05, 3.63) is 35.4 Å². The number of aliphatic hydroxyl groups excluding tert-OH is 1. The lowest BCUT2D eigenvalue weighted by Gasteiger charge is -2.29. The molecule has 20 heavy (non-hydrogen) atoms. The molecule has 3 nitrogen and oxygen atoms in total. The van der Waals surface area contributed by atoms with Crippen LogP contribution in [0.25, 0.3) is 0 Å². The van der Waals surface area contributed by atoms with Gasteiger partial charge in [-0.05, 0) is 30.9 Å². The molecule has 0 aliphatic heterocycles. The fourth-order valence-corrected chi connectivity index (χ4v) is 2.32. The fraction of sp³-hybridized carbons (Fsp3) is 0.647. The highest BCUT2D eigenvalue weighted by Gasteiger charge is 2.24. The molecule has 3 heteroatoms. The van der Waals surface area contributed by atoms with Crippen LogP contribution in [0.5, 0.6) is 0 Å². The first-order chi connectivity index (χ1) is 9.71. The van der Waals surface area contributed by atoms with Crippen molar-refractivity contribution >= 4 is 0 Å². The Morgan fingerprint density at radius 2 is 1.75 bits per heavy atom. The molecule has 0 spiro atoms. The summed E-state index contributed by atoms with van der Waals surface area (Å²) in [6, 6.07) is 8.37. The van der Waals surface area contributed by atoms with Crippen LogP contribution in [0.3, 0.4) is 0 Å². The molecule has 0 aromatic heterocycles. The van der Waals surface area contributed by atoms with Gasteiger partial charge in [0, 0.05) is 31.7 Å². The molecule has 0 saturated heterocycles. The van der Waals surface area contributed by atoms with Gasteiger partial charge in [-0.1, -0.05) is 38.1 Å². The van der Waals surface area contributed by atoms with Gasteiger partial charge in [-0.2, -0.15) is 0 Å². The van der Waals surface area contributed by atoms with E-state index in [4.69, 9.17) is 4.74 Å². The normalized spacial score (nSPS) is 11.8. The van der Waals surface area contributed by atoms with Crippen molar-refractivity contribution in [2.24, 2.45) is 5.41 Å². The molecule has 1 rings (SSSR count). The maximum absolute atomic E-state index is 9.58. The van der Waals surface area contributed by atoms with Crippen molar-refractivity contribution in [1.82, 2.24) is 5.32 Å². The molecule has 0 fully saturated rings. The van der Waals surface area contributed by atoms with E-state index in [-0.39, 0.29) is 12.0 Å². The van der Waals surface area contributed by atoms with Gasteiger partial charge in [0.1, 0.15) is 0 Å². The third-order valence-corrected chi connectivity index (χ3v) is 4.23. The van der Waals surface area contributed by atoms with Gasteiger partial charge in [-0.25, -0.2) is 0 Å². The van der Waals surface area contributed by atoms with E-state index in [0.29, 0.717) is 6.61 Å². The highest BCUT2D eigenvalue weighted by molar-refractivity contribution is 5.26. The number of hydrogen-bond donors (Lipinski definition) is 2. The third kappa shape index (κ3) is 4.89. The highest BCUT2D eigenvalue weighted by Crippen LogP contribution is 2.24. The Morgan fingerprint density at radius 3 is 2.30 bits per heavy atom. The molecule has 0 unspecified atom stereocenters. The Hall–Kier alpha value is -0.900. The predicted molar refractivity (Wildman–Crippen MR) is 83.6 cm³/mol. The zero-order valence-electron chi connectivity index (χ0n) is 13.1. The van der Waals surface area contributed by atoms with Crippen molar-refractivity contribution in [3.8, 4) is 0 Å². The van der Waals surface area contributed by atoms with E-state index in [2.05, 4.69) is 37.4 Å². The average Bonchev–Trinajstić information content (AvgIpc) is 2.51. The number of nitrogens with one attached hydrogen (secondary N) is 1. The first-order valence-corrected chi connectivity index (χ1v) is 7.67. The minimum atomic E-state index is 0.00879. The Morgan fingerprint density at radius 1 is 1.10 bits per heavy atom. The molecule has 0 saturated carbocycles. The summed E-state index contributed by atoms with van der Waals surface area (Å²) in [5.74, 6) is 0. The van der Waals surface area contributed by atoms with Crippen LogP contribution in [0.15, 0.2) is 24.3 Å². The molecule has 114 valence electrons. The van der Waals surface area contributed by atoms with Crippen LogP contribution < -0.4 is 5.32 Å². The van der Waals surface area contributed by atoms with E-state index >= 15 is 0 Å². The molecular formula is C17H29NO2. The van der Waals surface area contributed by atoms with Gasteiger partial charge < -0.3 is 15.2 Å². The highest BCUT2D eigenvalue weighted by atomic mass is 16.5. The smallest absolute Gasteiger partial charge is 0.0719 e. The van der Waals surface area contributed by atoms with Gasteiger partial charge >= 0.3 is 0 Å². The number of aliphatic hydroxyl groups is 1. The average molecular weight is 279 g/mol. The lowest BCUT2D eigenvalue weighted by atomic mass is 9.83. The Balaban J connectivity index is 2.57. The minimum absolute atomic E-state index is 0.00879. The molecule has 0 bridgehead atoms. The molecule has 0 radical (unpaired) electrons. The van der Waals surface area contributed by atoms with Crippen LogP contribution in [-0.4, -0.2) is 24.9 Å². The van der Waals surface area contributed by atoms with Crippen molar-refractivity contribution in [2.45, 2.75) is 46.8 Å². The van der Waals surface area contributed by atoms with E-state index in [1.807, 2.05) is 13.0 Å². The van der Waals surface area contributed by atoms with E-state index in [0.717, 1.165) is 32.5 Å². The quantitative estimate of drug-likeness (QED) is 0.691. The van der Waals surface area contributed by atoms with Crippen LogP contribution in [0.1, 0.15) is 44.7 Å². The standard InChI is InChI=1S/C17H29NO2/c1-4-17(5-2,14-19)13-18-11-15-9-7-8-10-16(15)12-20-6-3/h7-10,18-19H,4-6,11-14H2,1-3H3. The maximum atomic E-state index is 9.58. The fourth-order valence-electron chi connectivity index (χ4n) is 2.32. The van der Waals surface area contributed by atoms with Crippen LogP contribution in [-0.2, 0) is 17.9 Å². The SMILES string of the molecule is CCOCc1ccccc1CNCC(CC)(CC)CO.